The van der Waals surface area contributed by atoms with Gasteiger partial charge in [0.2, 0.25) is 0 Å². The molecule has 0 radical (unpaired) electrons. The number of aromatic hydroxyl groups is 1. The molecule has 0 saturated heterocycles. The predicted octanol–water partition coefficient (Wildman–Crippen LogP) is 3.11. The van der Waals surface area contributed by atoms with Crippen molar-refractivity contribution in [1.82, 2.24) is 0 Å². The van der Waals surface area contributed by atoms with Gasteiger partial charge in [-0.25, -0.2) is 0 Å². The van der Waals surface area contributed by atoms with Crippen molar-refractivity contribution in [2.45, 2.75) is 40.0 Å². The van der Waals surface area contributed by atoms with E-state index in [1.165, 1.54) is 12.5 Å². The van der Waals surface area contributed by atoms with E-state index in [1.807, 2.05) is 6.07 Å². The number of hydrogen-bond acceptors (Lipinski definition) is 2. The first kappa shape index (κ1) is 11.2. The second kappa shape index (κ2) is 3.62. The highest BCUT2D eigenvalue weighted by molar-refractivity contribution is 5.98. The van der Waals surface area contributed by atoms with Gasteiger partial charge in [0.1, 0.15) is 5.75 Å². The van der Waals surface area contributed by atoms with Crippen molar-refractivity contribution in [3.63, 3.8) is 0 Å². The minimum absolute atomic E-state index is 0.0351. The first-order chi connectivity index (χ1) is 7.41. The fourth-order valence-corrected chi connectivity index (χ4v) is 2.55. The van der Waals surface area contributed by atoms with E-state index in [0.29, 0.717) is 5.56 Å². The number of fused-ring (bicyclic) bond motifs is 1. The van der Waals surface area contributed by atoms with E-state index in [1.54, 1.807) is 6.07 Å². The van der Waals surface area contributed by atoms with Crippen molar-refractivity contribution in [2.75, 3.05) is 0 Å². The van der Waals surface area contributed by atoms with Gasteiger partial charge in [0.05, 0.1) is 5.56 Å². The van der Waals surface area contributed by atoms with E-state index < -0.39 is 0 Å². The lowest BCUT2D eigenvalue weighted by molar-refractivity contribution is 0.101. The molecular formula is C14H18O2. The van der Waals surface area contributed by atoms with Gasteiger partial charge in [-0.3, -0.25) is 4.79 Å². The summed E-state index contributed by atoms with van der Waals surface area (Å²) >= 11 is 0. The Morgan fingerprint density at radius 2 is 2.06 bits per heavy atom. The summed E-state index contributed by atoms with van der Waals surface area (Å²) in [6.45, 7) is 5.95. The van der Waals surface area contributed by atoms with Gasteiger partial charge in [-0.15, -0.1) is 0 Å². The number of carbonyl (C=O) groups is 1. The molecular weight excluding hydrogens is 200 g/mol. The second-order valence-corrected chi connectivity index (χ2v) is 5.49. The molecule has 0 heterocycles. The number of Topliss-reactive ketones (excluding diaryl/α,β-unsaturated/α-hetero) is 1. The van der Waals surface area contributed by atoms with Gasteiger partial charge in [0.15, 0.2) is 5.78 Å². The molecule has 1 aliphatic rings. The molecule has 86 valence electrons. The van der Waals surface area contributed by atoms with Crippen LogP contribution >= 0.6 is 0 Å². The Labute approximate surface area is 96.3 Å². The smallest absolute Gasteiger partial charge is 0.163 e. The zero-order valence-corrected chi connectivity index (χ0v) is 10.1. The lowest BCUT2D eigenvalue weighted by Crippen LogP contribution is -2.24. The zero-order chi connectivity index (χ0) is 11.9. The van der Waals surface area contributed by atoms with Crippen LogP contribution in [0.4, 0.5) is 0 Å². The molecule has 0 atom stereocenters. The lowest BCUT2D eigenvalue weighted by atomic mass is 9.72. The molecule has 0 saturated carbocycles. The van der Waals surface area contributed by atoms with Crippen molar-refractivity contribution in [2.24, 2.45) is 5.41 Å². The minimum atomic E-state index is -0.0351. The molecule has 2 rings (SSSR count). The van der Waals surface area contributed by atoms with Gasteiger partial charge in [0.25, 0.3) is 0 Å². The number of aryl methyl sites for hydroxylation is 1. The summed E-state index contributed by atoms with van der Waals surface area (Å²) in [5, 5.41) is 9.79. The Hall–Kier alpha value is -1.31. The predicted molar refractivity (Wildman–Crippen MR) is 63.9 cm³/mol. The third kappa shape index (κ3) is 1.84. The van der Waals surface area contributed by atoms with Crippen LogP contribution in [0, 0.1) is 5.41 Å². The molecule has 16 heavy (non-hydrogen) atoms. The maximum absolute atomic E-state index is 11.6. The number of ketones is 1. The van der Waals surface area contributed by atoms with Gasteiger partial charge in [-0.2, -0.15) is 0 Å². The standard InChI is InChI=1S/C14H18O2/c1-9(15)13-11-8-14(2,3)7-6-10(11)4-5-12(13)16/h4-5,16H,6-8H2,1-3H3. The van der Waals surface area contributed by atoms with Gasteiger partial charge >= 0.3 is 0 Å². The van der Waals surface area contributed by atoms with Crippen molar-refractivity contribution >= 4 is 5.78 Å². The molecule has 0 spiro atoms. The van der Waals surface area contributed by atoms with Gasteiger partial charge in [-0.05, 0) is 48.8 Å². The van der Waals surface area contributed by atoms with E-state index in [2.05, 4.69) is 13.8 Å². The van der Waals surface area contributed by atoms with E-state index in [9.17, 15) is 9.90 Å². The second-order valence-electron chi connectivity index (χ2n) is 5.49. The summed E-state index contributed by atoms with van der Waals surface area (Å²) in [4.78, 5) is 11.6. The third-order valence-corrected chi connectivity index (χ3v) is 3.47. The maximum Gasteiger partial charge on any atom is 0.163 e. The fraction of sp³-hybridized carbons (Fsp3) is 0.500. The molecule has 0 fully saturated rings. The van der Waals surface area contributed by atoms with Crippen LogP contribution in [0.5, 0.6) is 5.75 Å². The van der Waals surface area contributed by atoms with Gasteiger partial charge in [0, 0.05) is 0 Å². The largest absolute Gasteiger partial charge is 0.507 e. The number of carbonyl (C=O) groups excluding carboxylic acids is 1. The summed E-state index contributed by atoms with van der Waals surface area (Å²) in [7, 11) is 0. The molecule has 1 aromatic rings. The number of benzene rings is 1. The van der Waals surface area contributed by atoms with Crippen molar-refractivity contribution in [1.29, 1.82) is 0 Å². The summed E-state index contributed by atoms with van der Waals surface area (Å²) in [5.74, 6) is 0.0935. The minimum Gasteiger partial charge on any atom is -0.507 e. The zero-order valence-electron chi connectivity index (χ0n) is 10.1. The normalized spacial score (nSPS) is 17.9. The van der Waals surface area contributed by atoms with E-state index >= 15 is 0 Å². The number of phenols is 1. The molecule has 0 bridgehead atoms. The van der Waals surface area contributed by atoms with Gasteiger partial charge < -0.3 is 5.11 Å². The van der Waals surface area contributed by atoms with E-state index in [4.69, 9.17) is 0 Å². The van der Waals surface area contributed by atoms with Crippen molar-refractivity contribution in [3.8, 4) is 5.75 Å². The Kier molecular flexibility index (Phi) is 2.53. The average molecular weight is 218 g/mol. The summed E-state index contributed by atoms with van der Waals surface area (Å²) in [5.41, 5.74) is 3.04. The van der Waals surface area contributed by atoms with Crippen LogP contribution in [0.25, 0.3) is 0 Å². The van der Waals surface area contributed by atoms with Gasteiger partial charge in [-0.1, -0.05) is 19.9 Å². The summed E-state index contributed by atoms with van der Waals surface area (Å²) < 4.78 is 0. The first-order valence-corrected chi connectivity index (χ1v) is 5.75. The third-order valence-electron chi connectivity index (χ3n) is 3.47. The maximum atomic E-state index is 11.6. The van der Waals surface area contributed by atoms with E-state index in [0.717, 1.165) is 24.8 Å². The SMILES string of the molecule is CC(=O)c1c(O)ccc2c1CC(C)(C)CC2. The molecule has 0 aromatic heterocycles. The fourth-order valence-electron chi connectivity index (χ4n) is 2.55. The average Bonchev–Trinajstić information content (AvgIpc) is 2.15. The quantitative estimate of drug-likeness (QED) is 0.735. The van der Waals surface area contributed by atoms with Crippen LogP contribution < -0.4 is 0 Å². The molecule has 0 aliphatic heterocycles. The molecule has 1 aromatic carbocycles. The Morgan fingerprint density at radius 1 is 1.38 bits per heavy atom. The highest BCUT2D eigenvalue weighted by Gasteiger charge is 2.29. The summed E-state index contributed by atoms with van der Waals surface area (Å²) in [6, 6.07) is 3.60. The molecule has 1 aliphatic carbocycles. The monoisotopic (exact) mass is 218 g/mol. The molecule has 0 amide bonds. The number of rotatable bonds is 1. The Bertz CT molecular complexity index is 444. The number of hydrogen-bond donors (Lipinski definition) is 1. The van der Waals surface area contributed by atoms with Crippen molar-refractivity contribution < 1.29 is 9.90 Å². The topological polar surface area (TPSA) is 37.3 Å². The van der Waals surface area contributed by atoms with Crippen LogP contribution in [0.1, 0.15) is 48.7 Å². The molecule has 0 unspecified atom stereocenters. The molecule has 1 N–H and O–H groups in total. The number of phenolic OH excluding ortho intramolecular Hbond substituents is 1. The van der Waals surface area contributed by atoms with Crippen LogP contribution in [-0.4, -0.2) is 10.9 Å². The van der Waals surface area contributed by atoms with Crippen LogP contribution in [0.2, 0.25) is 0 Å². The summed E-state index contributed by atoms with van der Waals surface area (Å²) in [6.07, 6.45) is 3.02. The highest BCUT2D eigenvalue weighted by atomic mass is 16.3. The lowest BCUT2D eigenvalue weighted by Gasteiger charge is -2.32. The molecule has 2 nitrogen and oxygen atoms in total. The highest BCUT2D eigenvalue weighted by Crippen LogP contribution is 2.38. The Morgan fingerprint density at radius 3 is 2.69 bits per heavy atom. The van der Waals surface area contributed by atoms with Crippen LogP contribution in [0.3, 0.4) is 0 Å². The first-order valence-electron chi connectivity index (χ1n) is 5.75. The van der Waals surface area contributed by atoms with Crippen molar-refractivity contribution in [3.05, 3.63) is 28.8 Å². The molecule has 2 heteroatoms. The Balaban J connectivity index is 2.58. The van der Waals surface area contributed by atoms with Crippen LogP contribution in [0.15, 0.2) is 12.1 Å². The van der Waals surface area contributed by atoms with Crippen LogP contribution in [-0.2, 0) is 12.8 Å². The van der Waals surface area contributed by atoms with E-state index in [-0.39, 0.29) is 16.9 Å².